The summed E-state index contributed by atoms with van der Waals surface area (Å²) in [5, 5.41) is 0. The van der Waals surface area contributed by atoms with Crippen molar-refractivity contribution in [2.24, 2.45) is 0 Å². The number of alkyl halides is 3. The first-order valence-electron chi connectivity index (χ1n) is 8.66. The molecular formula is C20H22F3N3. The molecule has 0 fully saturated rings. The summed E-state index contributed by atoms with van der Waals surface area (Å²) in [6.07, 6.45) is -3.90. The molecule has 0 aliphatic rings. The van der Waals surface area contributed by atoms with E-state index in [-0.39, 0.29) is 6.04 Å². The van der Waals surface area contributed by atoms with Gasteiger partial charge in [0, 0.05) is 19.1 Å². The van der Waals surface area contributed by atoms with Crippen LogP contribution in [0.25, 0.3) is 11.0 Å². The van der Waals surface area contributed by atoms with Crippen molar-refractivity contribution in [3.05, 3.63) is 66.0 Å². The third kappa shape index (κ3) is 3.90. The molecule has 0 N–H and O–H groups in total. The van der Waals surface area contributed by atoms with Crippen molar-refractivity contribution in [1.82, 2.24) is 14.5 Å². The molecule has 0 saturated heterocycles. The first kappa shape index (κ1) is 18.5. The molecule has 0 spiro atoms. The molecule has 0 aliphatic heterocycles. The van der Waals surface area contributed by atoms with Crippen LogP contribution in [0.1, 0.15) is 30.8 Å². The van der Waals surface area contributed by atoms with Gasteiger partial charge in [-0.05, 0) is 31.2 Å². The van der Waals surface area contributed by atoms with Crippen molar-refractivity contribution in [1.29, 1.82) is 0 Å². The van der Waals surface area contributed by atoms with Gasteiger partial charge in [-0.1, -0.05) is 49.4 Å². The monoisotopic (exact) mass is 361 g/mol. The fourth-order valence-corrected chi connectivity index (χ4v) is 3.33. The van der Waals surface area contributed by atoms with E-state index in [0.717, 1.165) is 5.56 Å². The summed E-state index contributed by atoms with van der Waals surface area (Å²) < 4.78 is 42.1. The summed E-state index contributed by atoms with van der Waals surface area (Å²) in [7, 11) is 1.93. The molecular weight excluding hydrogens is 339 g/mol. The molecule has 1 atom stereocenters. The first-order chi connectivity index (χ1) is 12.4. The smallest absolute Gasteiger partial charge is 0.316 e. The summed E-state index contributed by atoms with van der Waals surface area (Å²) in [6, 6.07) is 16.4. The lowest BCUT2D eigenvalue weighted by molar-refractivity contribution is -0.147. The Bertz CT molecular complexity index is 856. The van der Waals surface area contributed by atoms with Crippen LogP contribution in [0.15, 0.2) is 54.6 Å². The second-order valence-electron chi connectivity index (χ2n) is 6.54. The Balaban J connectivity index is 1.92. The molecule has 3 nitrogen and oxygen atoms in total. The van der Waals surface area contributed by atoms with Crippen LogP contribution in [0.2, 0.25) is 0 Å². The molecule has 0 unspecified atom stereocenters. The third-order valence-corrected chi connectivity index (χ3v) is 4.50. The number of halogens is 3. The van der Waals surface area contributed by atoms with Crippen LogP contribution in [0, 0.1) is 0 Å². The zero-order valence-corrected chi connectivity index (χ0v) is 14.9. The lowest BCUT2D eigenvalue weighted by Crippen LogP contribution is -2.29. The molecule has 0 amide bonds. The molecule has 0 radical (unpaired) electrons. The summed E-state index contributed by atoms with van der Waals surface area (Å²) in [4.78, 5) is 5.92. The SMILES string of the molecule is CC[C@@H](CN(C)Cc1ccccc1)n1c(C(F)(F)F)nc2ccccc21. The van der Waals surface area contributed by atoms with E-state index in [9.17, 15) is 13.2 Å². The molecule has 1 aromatic heterocycles. The summed E-state index contributed by atoms with van der Waals surface area (Å²) in [5.41, 5.74) is 2.04. The van der Waals surface area contributed by atoms with E-state index in [4.69, 9.17) is 0 Å². The molecule has 1 heterocycles. The molecule has 138 valence electrons. The predicted octanol–water partition coefficient (Wildman–Crippen LogP) is 5.14. The molecule has 26 heavy (non-hydrogen) atoms. The van der Waals surface area contributed by atoms with E-state index >= 15 is 0 Å². The van der Waals surface area contributed by atoms with Gasteiger partial charge in [-0.2, -0.15) is 13.2 Å². The Morgan fingerprint density at radius 3 is 2.35 bits per heavy atom. The van der Waals surface area contributed by atoms with E-state index in [2.05, 4.69) is 9.88 Å². The molecule has 3 rings (SSSR count). The normalized spacial score (nSPS) is 13.5. The lowest BCUT2D eigenvalue weighted by atomic mass is 10.1. The number of nitrogens with zero attached hydrogens (tertiary/aromatic N) is 3. The van der Waals surface area contributed by atoms with Gasteiger partial charge in [0.05, 0.1) is 11.0 Å². The summed E-state index contributed by atoms with van der Waals surface area (Å²) in [5.74, 6) is -0.821. The minimum absolute atomic E-state index is 0.312. The highest BCUT2D eigenvalue weighted by Gasteiger charge is 2.39. The quantitative estimate of drug-likeness (QED) is 0.606. The van der Waals surface area contributed by atoms with Crippen molar-refractivity contribution < 1.29 is 13.2 Å². The van der Waals surface area contributed by atoms with Crippen LogP contribution in [-0.4, -0.2) is 28.0 Å². The second kappa shape index (κ2) is 7.50. The predicted molar refractivity (Wildman–Crippen MR) is 96.8 cm³/mol. The maximum Gasteiger partial charge on any atom is 0.449 e. The summed E-state index contributed by atoms with van der Waals surface area (Å²) >= 11 is 0. The van der Waals surface area contributed by atoms with Gasteiger partial charge in [0.15, 0.2) is 0 Å². The number of hydrogen-bond donors (Lipinski definition) is 0. The molecule has 6 heteroatoms. The fraction of sp³-hybridized carbons (Fsp3) is 0.350. The standard InChI is InChI=1S/C20H22F3N3/c1-3-16(14-25(2)13-15-9-5-4-6-10-15)26-18-12-8-7-11-17(18)24-19(26)20(21,22)23/h4-12,16H,3,13-14H2,1-2H3/t16-/m0/s1. The number of imidazole rings is 1. The van der Waals surface area contributed by atoms with Gasteiger partial charge in [-0.15, -0.1) is 0 Å². The molecule has 2 aromatic carbocycles. The second-order valence-corrected chi connectivity index (χ2v) is 6.54. The Morgan fingerprint density at radius 2 is 1.69 bits per heavy atom. The van der Waals surface area contributed by atoms with Crippen LogP contribution in [-0.2, 0) is 12.7 Å². The number of rotatable bonds is 6. The van der Waals surface area contributed by atoms with Gasteiger partial charge in [0.25, 0.3) is 0 Å². The van der Waals surface area contributed by atoms with Gasteiger partial charge < -0.3 is 9.47 Å². The number of likely N-dealkylation sites (N-methyl/N-ethyl adjacent to an activating group) is 1. The van der Waals surface area contributed by atoms with E-state index in [1.165, 1.54) is 4.57 Å². The Morgan fingerprint density at radius 1 is 1.04 bits per heavy atom. The maximum absolute atomic E-state index is 13.6. The third-order valence-electron chi connectivity index (χ3n) is 4.50. The van der Waals surface area contributed by atoms with Gasteiger partial charge in [0.2, 0.25) is 5.82 Å². The van der Waals surface area contributed by atoms with E-state index in [0.29, 0.717) is 30.5 Å². The van der Waals surface area contributed by atoms with Crippen molar-refractivity contribution in [3.63, 3.8) is 0 Å². The van der Waals surface area contributed by atoms with Crippen LogP contribution < -0.4 is 0 Å². The Kier molecular flexibility index (Phi) is 5.32. The number of fused-ring (bicyclic) bond motifs is 1. The molecule has 0 saturated carbocycles. The van der Waals surface area contributed by atoms with Gasteiger partial charge in [0.1, 0.15) is 0 Å². The van der Waals surface area contributed by atoms with Crippen LogP contribution >= 0.6 is 0 Å². The van der Waals surface area contributed by atoms with Gasteiger partial charge >= 0.3 is 6.18 Å². The summed E-state index contributed by atoms with van der Waals surface area (Å²) in [6.45, 7) is 3.11. The first-order valence-corrected chi connectivity index (χ1v) is 8.66. The average molecular weight is 361 g/mol. The zero-order valence-electron chi connectivity index (χ0n) is 14.9. The van der Waals surface area contributed by atoms with E-state index < -0.39 is 12.0 Å². The van der Waals surface area contributed by atoms with Crippen LogP contribution in [0.5, 0.6) is 0 Å². The highest BCUT2D eigenvalue weighted by molar-refractivity contribution is 5.76. The Hall–Kier alpha value is -2.34. The van der Waals surface area contributed by atoms with E-state index in [1.54, 1.807) is 24.3 Å². The highest BCUT2D eigenvalue weighted by atomic mass is 19.4. The Labute approximate surface area is 151 Å². The van der Waals surface area contributed by atoms with Crippen LogP contribution in [0.4, 0.5) is 13.2 Å². The largest absolute Gasteiger partial charge is 0.449 e. The molecule has 0 aliphatic carbocycles. The van der Waals surface area contributed by atoms with Crippen molar-refractivity contribution >= 4 is 11.0 Å². The van der Waals surface area contributed by atoms with Crippen molar-refractivity contribution in [2.75, 3.05) is 13.6 Å². The minimum Gasteiger partial charge on any atom is -0.316 e. The van der Waals surface area contributed by atoms with E-state index in [1.807, 2.05) is 44.3 Å². The highest BCUT2D eigenvalue weighted by Crippen LogP contribution is 2.34. The average Bonchev–Trinajstić information content (AvgIpc) is 3.00. The topological polar surface area (TPSA) is 21.1 Å². The number of para-hydroxylation sites is 2. The van der Waals surface area contributed by atoms with Crippen molar-refractivity contribution in [3.8, 4) is 0 Å². The minimum atomic E-state index is -4.48. The maximum atomic E-state index is 13.6. The molecule has 0 bridgehead atoms. The number of aromatic nitrogens is 2. The van der Waals surface area contributed by atoms with Gasteiger partial charge in [-0.3, -0.25) is 0 Å². The fourth-order valence-electron chi connectivity index (χ4n) is 3.33. The van der Waals surface area contributed by atoms with Gasteiger partial charge in [-0.25, -0.2) is 4.98 Å². The lowest BCUT2D eigenvalue weighted by Gasteiger charge is -2.26. The van der Waals surface area contributed by atoms with Crippen molar-refractivity contribution in [2.45, 2.75) is 32.1 Å². The van der Waals surface area contributed by atoms with Crippen LogP contribution in [0.3, 0.4) is 0 Å². The molecule has 3 aromatic rings. The zero-order chi connectivity index (χ0) is 18.7. The number of benzene rings is 2. The number of hydrogen-bond acceptors (Lipinski definition) is 2.